The van der Waals surface area contributed by atoms with E-state index in [4.69, 9.17) is 14.2 Å². The Balaban J connectivity index is 1.66. The number of methoxy groups -OCH3 is 2. The first-order valence-corrected chi connectivity index (χ1v) is 11.2. The minimum absolute atomic E-state index is 0.0703. The minimum Gasteiger partial charge on any atom is -0.492 e. The molecular formula is C25H27FN4O4. The molecule has 9 heteroatoms. The summed E-state index contributed by atoms with van der Waals surface area (Å²) in [6, 6.07) is 6.46. The zero-order valence-electron chi connectivity index (χ0n) is 19.3. The highest BCUT2D eigenvalue weighted by Crippen LogP contribution is 2.54. The van der Waals surface area contributed by atoms with Crippen LogP contribution in [0.4, 0.5) is 15.8 Å². The van der Waals surface area contributed by atoms with E-state index >= 15 is 0 Å². The lowest BCUT2D eigenvalue weighted by atomic mass is 9.93. The second kappa shape index (κ2) is 8.64. The number of para-hydroxylation sites is 1. The van der Waals surface area contributed by atoms with Crippen LogP contribution in [-0.2, 0) is 10.2 Å². The van der Waals surface area contributed by atoms with Crippen LogP contribution in [0.5, 0.6) is 11.5 Å². The van der Waals surface area contributed by atoms with Crippen molar-refractivity contribution in [3.63, 3.8) is 0 Å². The van der Waals surface area contributed by atoms with Crippen LogP contribution >= 0.6 is 0 Å². The maximum atomic E-state index is 14.4. The van der Waals surface area contributed by atoms with Crippen LogP contribution in [-0.4, -0.2) is 49.4 Å². The monoisotopic (exact) mass is 466 g/mol. The largest absolute Gasteiger partial charge is 0.492 e. The van der Waals surface area contributed by atoms with Crippen molar-refractivity contribution in [1.29, 1.82) is 0 Å². The SMILES string of the molecule is COc1c(F)cccc1Nc1c(-c2ccncc2OC[C@H](C)OC)[nH]c2c1C(=O)NCC21CC1. The van der Waals surface area contributed by atoms with Crippen molar-refractivity contribution in [3.05, 3.63) is 53.7 Å². The Bertz CT molecular complexity index is 1240. The van der Waals surface area contributed by atoms with Crippen molar-refractivity contribution >= 4 is 17.3 Å². The lowest BCUT2D eigenvalue weighted by molar-refractivity contribution is 0.0717. The van der Waals surface area contributed by atoms with Crippen molar-refractivity contribution in [2.45, 2.75) is 31.3 Å². The Morgan fingerprint density at radius 2 is 2.09 bits per heavy atom. The van der Waals surface area contributed by atoms with Gasteiger partial charge in [-0.05, 0) is 38.0 Å². The number of fused-ring (bicyclic) bond motifs is 2. The standard InChI is InChI=1S/C25H27FN4O4/c1-14(32-2)12-34-18-11-27-10-7-15(18)20-21(29-17-6-4-5-16(26)22(17)33-3)19-23(30-20)25(8-9-25)13-28-24(19)31/h4-7,10-11,14,29-30H,8-9,12-13H2,1-3H3,(H,28,31)/t14-/m0/s1. The van der Waals surface area contributed by atoms with Crippen LogP contribution < -0.4 is 20.1 Å². The second-order valence-electron chi connectivity index (χ2n) is 8.76. The van der Waals surface area contributed by atoms with Crippen molar-refractivity contribution in [2.75, 3.05) is 32.7 Å². The molecule has 1 aromatic carbocycles. The first-order valence-electron chi connectivity index (χ1n) is 11.2. The van der Waals surface area contributed by atoms with Crippen molar-refractivity contribution < 1.29 is 23.4 Å². The number of ether oxygens (including phenoxy) is 3. The fourth-order valence-corrected chi connectivity index (χ4v) is 4.38. The molecule has 3 aromatic rings. The third kappa shape index (κ3) is 3.75. The molecule has 2 aromatic heterocycles. The normalized spacial score (nSPS) is 16.5. The molecule has 5 rings (SSSR count). The first-order chi connectivity index (χ1) is 16.5. The predicted molar refractivity (Wildman–Crippen MR) is 125 cm³/mol. The lowest BCUT2D eigenvalue weighted by Crippen LogP contribution is -2.39. The number of pyridine rings is 1. The Labute approximate surface area is 196 Å². The summed E-state index contributed by atoms with van der Waals surface area (Å²) < 4.78 is 31.1. The minimum atomic E-state index is -0.497. The van der Waals surface area contributed by atoms with E-state index in [-0.39, 0.29) is 23.2 Å². The highest BCUT2D eigenvalue weighted by atomic mass is 19.1. The molecule has 0 saturated heterocycles. The van der Waals surface area contributed by atoms with E-state index in [0.29, 0.717) is 41.5 Å². The van der Waals surface area contributed by atoms with E-state index in [1.54, 1.807) is 31.6 Å². The Morgan fingerprint density at radius 3 is 2.82 bits per heavy atom. The molecule has 34 heavy (non-hydrogen) atoms. The maximum absolute atomic E-state index is 14.4. The number of carbonyl (C=O) groups excluding carboxylic acids is 1. The molecular weight excluding hydrogens is 439 g/mol. The smallest absolute Gasteiger partial charge is 0.255 e. The van der Waals surface area contributed by atoms with Gasteiger partial charge in [-0.15, -0.1) is 0 Å². The molecule has 0 bridgehead atoms. The fourth-order valence-electron chi connectivity index (χ4n) is 4.38. The maximum Gasteiger partial charge on any atom is 0.255 e. The summed E-state index contributed by atoms with van der Waals surface area (Å²) in [5.41, 5.74) is 3.66. The Morgan fingerprint density at radius 1 is 1.26 bits per heavy atom. The van der Waals surface area contributed by atoms with E-state index in [9.17, 15) is 9.18 Å². The van der Waals surface area contributed by atoms with Crippen LogP contribution in [0.3, 0.4) is 0 Å². The summed E-state index contributed by atoms with van der Waals surface area (Å²) in [5, 5.41) is 6.30. The number of H-pyrrole nitrogens is 1. The fraction of sp³-hybridized carbons (Fsp3) is 0.360. The summed E-state index contributed by atoms with van der Waals surface area (Å²) in [6.45, 7) is 2.83. The summed E-state index contributed by atoms with van der Waals surface area (Å²) in [6.07, 6.45) is 5.15. The predicted octanol–water partition coefficient (Wildman–Crippen LogP) is 4.16. The molecule has 1 saturated carbocycles. The topological polar surface area (TPSA) is 97.5 Å². The van der Waals surface area contributed by atoms with Gasteiger partial charge in [-0.2, -0.15) is 0 Å². The Hall–Kier alpha value is -3.59. The van der Waals surface area contributed by atoms with E-state index in [0.717, 1.165) is 24.1 Å². The van der Waals surface area contributed by atoms with Crippen molar-refractivity contribution in [2.24, 2.45) is 0 Å². The molecule has 0 radical (unpaired) electrons. The molecule has 178 valence electrons. The number of amides is 1. The van der Waals surface area contributed by atoms with Crippen molar-refractivity contribution in [1.82, 2.24) is 15.3 Å². The summed E-state index contributed by atoms with van der Waals surface area (Å²) in [7, 11) is 3.04. The van der Waals surface area contributed by atoms with E-state index < -0.39 is 5.82 Å². The quantitative estimate of drug-likeness (QED) is 0.461. The molecule has 8 nitrogen and oxygen atoms in total. The van der Waals surface area contributed by atoms with E-state index in [1.807, 2.05) is 13.0 Å². The number of aromatic amines is 1. The highest BCUT2D eigenvalue weighted by molar-refractivity contribution is 6.07. The van der Waals surface area contributed by atoms with Gasteiger partial charge in [0, 0.05) is 36.5 Å². The zero-order valence-corrected chi connectivity index (χ0v) is 19.3. The number of halogens is 1. The third-order valence-electron chi connectivity index (χ3n) is 6.56. The average Bonchev–Trinajstić information content (AvgIpc) is 3.53. The van der Waals surface area contributed by atoms with Crippen LogP contribution in [0.15, 0.2) is 36.7 Å². The van der Waals surface area contributed by atoms with E-state index in [2.05, 4.69) is 20.6 Å². The van der Waals surface area contributed by atoms with Gasteiger partial charge in [0.25, 0.3) is 5.91 Å². The zero-order chi connectivity index (χ0) is 23.9. The molecule has 1 atom stereocenters. The number of hydrogen-bond acceptors (Lipinski definition) is 6. The summed E-state index contributed by atoms with van der Waals surface area (Å²) in [5.74, 6) is -0.0640. The van der Waals surface area contributed by atoms with Gasteiger partial charge in [-0.25, -0.2) is 4.39 Å². The van der Waals surface area contributed by atoms with E-state index in [1.165, 1.54) is 13.2 Å². The lowest BCUT2D eigenvalue weighted by Gasteiger charge is -2.23. The average molecular weight is 467 g/mol. The Kier molecular flexibility index (Phi) is 5.65. The van der Waals surface area contributed by atoms with Crippen LogP contribution in [0.2, 0.25) is 0 Å². The number of hydrogen-bond donors (Lipinski definition) is 3. The van der Waals surface area contributed by atoms with Gasteiger partial charge >= 0.3 is 0 Å². The van der Waals surface area contributed by atoms with Gasteiger partial charge in [-0.1, -0.05) is 6.07 Å². The summed E-state index contributed by atoms with van der Waals surface area (Å²) >= 11 is 0. The number of aromatic nitrogens is 2. The van der Waals surface area contributed by atoms with Gasteiger partial charge in [0.05, 0.1) is 42.0 Å². The van der Waals surface area contributed by atoms with Gasteiger partial charge in [-0.3, -0.25) is 9.78 Å². The number of nitrogens with zero attached hydrogens (tertiary/aromatic N) is 1. The third-order valence-corrected chi connectivity index (χ3v) is 6.56. The summed E-state index contributed by atoms with van der Waals surface area (Å²) in [4.78, 5) is 20.8. The molecule has 1 aliphatic carbocycles. The number of rotatable bonds is 8. The molecule has 1 fully saturated rings. The molecule has 3 heterocycles. The van der Waals surface area contributed by atoms with Crippen molar-refractivity contribution in [3.8, 4) is 22.8 Å². The highest BCUT2D eigenvalue weighted by Gasteiger charge is 2.51. The van der Waals surface area contributed by atoms with Gasteiger partial charge < -0.3 is 29.8 Å². The number of nitrogens with one attached hydrogen (secondary N) is 3. The van der Waals surface area contributed by atoms with Gasteiger partial charge in [0.1, 0.15) is 12.4 Å². The van der Waals surface area contributed by atoms with Gasteiger partial charge in [0.2, 0.25) is 0 Å². The number of anilines is 2. The number of carbonyl (C=O) groups is 1. The molecule has 0 unspecified atom stereocenters. The van der Waals surface area contributed by atoms with Crippen LogP contribution in [0.1, 0.15) is 35.8 Å². The molecule has 2 aliphatic rings. The van der Waals surface area contributed by atoms with Crippen LogP contribution in [0.25, 0.3) is 11.3 Å². The first kappa shape index (κ1) is 22.2. The molecule has 1 amide bonds. The van der Waals surface area contributed by atoms with Crippen LogP contribution in [0, 0.1) is 5.82 Å². The van der Waals surface area contributed by atoms with Gasteiger partial charge in [0.15, 0.2) is 11.6 Å². The molecule has 3 N–H and O–H groups in total. The molecule has 1 spiro atoms. The molecule has 1 aliphatic heterocycles. The second-order valence-corrected chi connectivity index (χ2v) is 8.76. The number of benzene rings is 1.